The third kappa shape index (κ3) is 2.64. The van der Waals surface area contributed by atoms with E-state index < -0.39 is 16.6 Å². The average Bonchev–Trinajstić information content (AvgIpc) is 2.37. The maximum atomic E-state index is 11.4. The molecule has 0 aliphatic carbocycles. The summed E-state index contributed by atoms with van der Waals surface area (Å²) in [7, 11) is 0. The van der Waals surface area contributed by atoms with Gasteiger partial charge in [-0.25, -0.2) is 4.79 Å². The number of nitro benzene ring substituents is 1. The van der Waals surface area contributed by atoms with Gasteiger partial charge in [-0.3, -0.25) is 14.9 Å². The van der Waals surface area contributed by atoms with Crippen molar-refractivity contribution in [3.8, 4) is 0 Å². The number of non-ortho nitro benzene ring substituents is 1. The highest BCUT2D eigenvalue weighted by Crippen LogP contribution is 2.34. The summed E-state index contributed by atoms with van der Waals surface area (Å²) < 4.78 is 0. The van der Waals surface area contributed by atoms with E-state index in [1.807, 2.05) is 0 Å². The topological polar surface area (TPSA) is 113 Å². The van der Waals surface area contributed by atoms with Crippen molar-refractivity contribution >= 4 is 34.9 Å². The minimum Gasteiger partial charge on any atom is -0.478 e. The van der Waals surface area contributed by atoms with Gasteiger partial charge in [0.15, 0.2) is 0 Å². The largest absolute Gasteiger partial charge is 0.478 e. The quantitative estimate of drug-likeness (QED) is 0.633. The number of rotatable bonds is 3. The van der Waals surface area contributed by atoms with Crippen molar-refractivity contribution in [2.45, 2.75) is 0 Å². The van der Waals surface area contributed by atoms with Crippen molar-refractivity contribution in [3.63, 3.8) is 0 Å². The number of aromatic carboxylic acids is 1. The Hall–Kier alpha value is -2.35. The molecule has 0 saturated carbocycles. The summed E-state index contributed by atoms with van der Waals surface area (Å²) in [6, 6.07) is 2.02. The summed E-state index contributed by atoms with van der Waals surface area (Å²) in [5.41, 5.74) is -0.573. The first-order valence-corrected chi connectivity index (χ1v) is 6.01. The standard InChI is InChI=1S/C11H10ClN3O5/c12-8-4-6(15(19)20)3-7(11(17)18)10(8)14-2-1-13-9(16)5-14/h3-4H,1-2,5H2,(H,13,16)(H,17,18). The Bertz CT molecular complexity index is 604. The van der Waals surface area contributed by atoms with E-state index >= 15 is 0 Å². The maximum Gasteiger partial charge on any atom is 0.338 e. The zero-order chi connectivity index (χ0) is 14.9. The molecule has 1 aliphatic rings. The maximum absolute atomic E-state index is 11.4. The molecule has 2 rings (SSSR count). The van der Waals surface area contributed by atoms with E-state index in [1.165, 1.54) is 4.90 Å². The van der Waals surface area contributed by atoms with Crippen LogP contribution in [-0.4, -0.2) is 41.5 Å². The number of amides is 1. The van der Waals surface area contributed by atoms with Crippen molar-refractivity contribution in [3.05, 3.63) is 32.8 Å². The summed E-state index contributed by atoms with van der Waals surface area (Å²) in [6.07, 6.45) is 0. The molecule has 1 aliphatic heterocycles. The van der Waals surface area contributed by atoms with Crippen molar-refractivity contribution in [1.82, 2.24) is 5.32 Å². The van der Waals surface area contributed by atoms with Gasteiger partial charge in [0, 0.05) is 25.2 Å². The van der Waals surface area contributed by atoms with E-state index in [0.29, 0.717) is 13.1 Å². The number of carboxylic acid groups (broad SMARTS) is 1. The lowest BCUT2D eigenvalue weighted by Crippen LogP contribution is -2.48. The molecular formula is C11H10ClN3O5. The molecule has 1 fully saturated rings. The summed E-state index contributed by atoms with van der Waals surface area (Å²) in [4.78, 5) is 34.1. The molecule has 0 atom stereocenters. The van der Waals surface area contributed by atoms with E-state index in [4.69, 9.17) is 11.6 Å². The Labute approximate surface area is 118 Å². The molecule has 1 amide bonds. The highest BCUT2D eigenvalue weighted by molar-refractivity contribution is 6.34. The van der Waals surface area contributed by atoms with Crippen LogP contribution < -0.4 is 10.2 Å². The molecule has 1 aromatic rings. The lowest BCUT2D eigenvalue weighted by atomic mass is 10.1. The summed E-state index contributed by atoms with van der Waals surface area (Å²) in [5.74, 6) is -1.60. The second-order valence-electron chi connectivity index (χ2n) is 4.16. The Morgan fingerprint density at radius 3 is 2.75 bits per heavy atom. The second-order valence-corrected chi connectivity index (χ2v) is 4.56. The molecule has 0 radical (unpaired) electrons. The first-order chi connectivity index (χ1) is 9.40. The summed E-state index contributed by atoms with van der Waals surface area (Å²) in [6.45, 7) is 0.687. The van der Waals surface area contributed by atoms with Gasteiger partial charge < -0.3 is 15.3 Å². The zero-order valence-electron chi connectivity index (χ0n) is 10.1. The molecule has 2 N–H and O–H groups in total. The number of halogens is 1. The van der Waals surface area contributed by atoms with Crippen LogP contribution in [-0.2, 0) is 4.79 Å². The molecule has 20 heavy (non-hydrogen) atoms. The molecule has 0 bridgehead atoms. The van der Waals surface area contributed by atoms with Gasteiger partial charge in [-0.1, -0.05) is 11.6 Å². The van der Waals surface area contributed by atoms with Crippen LogP contribution in [0, 0.1) is 10.1 Å². The van der Waals surface area contributed by atoms with E-state index in [-0.39, 0.29) is 28.7 Å². The number of carbonyl (C=O) groups is 2. The lowest BCUT2D eigenvalue weighted by Gasteiger charge is -2.30. The molecule has 1 saturated heterocycles. The fraction of sp³-hybridized carbons (Fsp3) is 0.273. The third-order valence-corrected chi connectivity index (χ3v) is 3.13. The highest BCUT2D eigenvalue weighted by Gasteiger charge is 2.26. The number of carboxylic acids is 1. The second kappa shape index (κ2) is 5.33. The first-order valence-electron chi connectivity index (χ1n) is 5.63. The average molecular weight is 300 g/mol. The Balaban J connectivity index is 2.53. The van der Waals surface area contributed by atoms with Crippen molar-refractivity contribution in [2.24, 2.45) is 0 Å². The number of nitrogens with zero attached hydrogens (tertiary/aromatic N) is 2. The number of benzene rings is 1. The van der Waals surface area contributed by atoms with Crippen LogP contribution in [0.5, 0.6) is 0 Å². The molecule has 8 nitrogen and oxygen atoms in total. The normalized spacial score (nSPS) is 14.8. The molecule has 9 heteroatoms. The summed E-state index contributed by atoms with van der Waals surface area (Å²) >= 11 is 5.96. The van der Waals surface area contributed by atoms with E-state index in [1.54, 1.807) is 0 Å². The molecule has 0 unspecified atom stereocenters. The van der Waals surface area contributed by atoms with Crippen LogP contribution >= 0.6 is 11.6 Å². The molecule has 106 valence electrons. The lowest BCUT2D eigenvalue weighted by molar-refractivity contribution is -0.384. The van der Waals surface area contributed by atoms with Gasteiger partial charge in [0.05, 0.1) is 27.7 Å². The van der Waals surface area contributed by atoms with Crippen LogP contribution in [0.1, 0.15) is 10.4 Å². The van der Waals surface area contributed by atoms with Crippen LogP contribution in [0.25, 0.3) is 0 Å². The number of nitro groups is 1. The number of hydrogen-bond donors (Lipinski definition) is 2. The number of piperazine rings is 1. The highest BCUT2D eigenvalue weighted by atomic mass is 35.5. The molecular weight excluding hydrogens is 290 g/mol. The number of nitrogens with one attached hydrogen (secondary N) is 1. The molecule has 1 aromatic carbocycles. The van der Waals surface area contributed by atoms with Crippen molar-refractivity contribution in [2.75, 3.05) is 24.5 Å². The Morgan fingerprint density at radius 1 is 1.50 bits per heavy atom. The monoisotopic (exact) mass is 299 g/mol. The van der Waals surface area contributed by atoms with Gasteiger partial charge in [-0.05, 0) is 0 Å². The molecule has 0 spiro atoms. The van der Waals surface area contributed by atoms with Gasteiger partial charge in [0.25, 0.3) is 5.69 Å². The summed E-state index contributed by atoms with van der Waals surface area (Å²) in [5, 5.41) is 22.5. The Kier molecular flexibility index (Phi) is 3.75. The minimum absolute atomic E-state index is 0.0438. The van der Waals surface area contributed by atoms with Gasteiger partial charge >= 0.3 is 5.97 Å². The van der Waals surface area contributed by atoms with Crippen LogP contribution in [0.4, 0.5) is 11.4 Å². The predicted octanol–water partition coefficient (Wildman–Crippen LogP) is 0.883. The van der Waals surface area contributed by atoms with Crippen LogP contribution in [0.15, 0.2) is 12.1 Å². The number of anilines is 1. The fourth-order valence-corrected chi connectivity index (χ4v) is 2.34. The van der Waals surface area contributed by atoms with E-state index in [0.717, 1.165) is 12.1 Å². The third-order valence-electron chi connectivity index (χ3n) is 2.84. The van der Waals surface area contributed by atoms with Gasteiger partial charge in [0.2, 0.25) is 5.91 Å². The SMILES string of the molecule is O=C1CN(c2c(Cl)cc([N+](=O)[O-])cc2C(=O)O)CCN1. The predicted molar refractivity (Wildman–Crippen MR) is 70.3 cm³/mol. The molecule has 1 heterocycles. The van der Waals surface area contributed by atoms with Crippen LogP contribution in [0.2, 0.25) is 5.02 Å². The van der Waals surface area contributed by atoms with Gasteiger partial charge in [-0.2, -0.15) is 0 Å². The first kappa shape index (κ1) is 14.1. The van der Waals surface area contributed by atoms with E-state index in [2.05, 4.69) is 5.32 Å². The van der Waals surface area contributed by atoms with Gasteiger partial charge in [-0.15, -0.1) is 0 Å². The number of hydrogen-bond acceptors (Lipinski definition) is 5. The molecule has 0 aromatic heterocycles. The van der Waals surface area contributed by atoms with Crippen molar-refractivity contribution in [1.29, 1.82) is 0 Å². The number of carbonyl (C=O) groups excluding carboxylic acids is 1. The van der Waals surface area contributed by atoms with Crippen LogP contribution in [0.3, 0.4) is 0 Å². The van der Waals surface area contributed by atoms with E-state index in [9.17, 15) is 24.8 Å². The fourth-order valence-electron chi connectivity index (χ4n) is 2.00. The minimum atomic E-state index is -1.34. The van der Waals surface area contributed by atoms with Crippen molar-refractivity contribution < 1.29 is 19.6 Å². The smallest absolute Gasteiger partial charge is 0.338 e. The Morgan fingerprint density at radius 2 is 2.20 bits per heavy atom. The van der Waals surface area contributed by atoms with Gasteiger partial charge in [0.1, 0.15) is 0 Å². The zero-order valence-corrected chi connectivity index (χ0v) is 10.9.